The number of halogens is 3. The normalized spacial score (nSPS) is 11.4. The van der Waals surface area contributed by atoms with Crippen molar-refractivity contribution in [2.75, 3.05) is 4.72 Å². The predicted molar refractivity (Wildman–Crippen MR) is 68.3 cm³/mol. The number of rotatable bonds is 3. The zero-order chi connectivity index (χ0) is 14.9. The summed E-state index contributed by atoms with van der Waals surface area (Å²) in [4.78, 5) is -0.236. The van der Waals surface area contributed by atoms with E-state index in [9.17, 15) is 21.6 Å². The lowest BCUT2D eigenvalue weighted by Crippen LogP contribution is -2.14. The molecule has 1 N–H and O–H groups in total. The standard InChI is InChI=1S/C13H10F3NO2S/c1-8-6-10(3-5-11(8)15)20(18,19)17-13-7-9(14)2-4-12(13)16/h2-7,17H,1H3. The molecule has 0 fully saturated rings. The smallest absolute Gasteiger partial charge is 0.262 e. The Morgan fingerprint density at radius 2 is 1.60 bits per heavy atom. The van der Waals surface area contributed by atoms with Gasteiger partial charge in [-0.25, -0.2) is 21.6 Å². The minimum atomic E-state index is -4.12. The first-order valence-electron chi connectivity index (χ1n) is 5.53. The lowest BCUT2D eigenvalue weighted by molar-refractivity contribution is 0.593. The quantitative estimate of drug-likeness (QED) is 0.946. The number of sulfonamides is 1. The summed E-state index contributed by atoms with van der Waals surface area (Å²) in [5.41, 5.74) is -0.375. The second-order valence-corrected chi connectivity index (χ2v) is 5.82. The Morgan fingerprint density at radius 3 is 2.25 bits per heavy atom. The Labute approximate surface area is 114 Å². The first-order chi connectivity index (χ1) is 9.29. The van der Waals surface area contributed by atoms with Crippen LogP contribution >= 0.6 is 0 Å². The van der Waals surface area contributed by atoms with Gasteiger partial charge in [-0.05, 0) is 42.8 Å². The van der Waals surface area contributed by atoms with E-state index in [4.69, 9.17) is 0 Å². The third kappa shape index (κ3) is 2.93. The molecule has 2 rings (SSSR count). The molecule has 0 radical (unpaired) electrons. The Morgan fingerprint density at radius 1 is 0.950 bits per heavy atom. The maximum Gasteiger partial charge on any atom is 0.262 e. The van der Waals surface area contributed by atoms with Crippen LogP contribution in [0.25, 0.3) is 0 Å². The first kappa shape index (κ1) is 14.4. The van der Waals surface area contributed by atoms with Gasteiger partial charge >= 0.3 is 0 Å². The Kier molecular flexibility index (Phi) is 3.71. The second kappa shape index (κ2) is 5.16. The molecule has 7 heteroatoms. The minimum Gasteiger partial charge on any atom is -0.277 e. The molecule has 0 unspecified atom stereocenters. The van der Waals surface area contributed by atoms with Crippen molar-refractivity contribution in [3.63, 3.8) is 0 Å². The van der Waals surface area contributed by atoms with Crippen LogP contribution in [0.5, 0.6) is 0 Å². The first-order valence-corrected chi connectivity index (χ1v) is 7.02. The van der Waals surface area contributed by atoms with Crippen LogP contribution in [0.15, 0.2) is 41.3 Å². The van der Waals surface area contributed by atoms with E-state index in [1.165, 1.54) is 6.92 Å². The van der Waals surface area contributed by atoms with Crippen LogP contribution in [-0.4, -0.2) is 8.42 Å². The van der Waals surface area contributed by atoms with Gasteiger partial charge in [0.2, 0.25) is 0 Å². The second-order valence-electron chi connectivity index (χ2n) is 4.14. The van der Waals surface area contributed by atoms with E-state index >= 15 is 0 Å². The molecule has 0 heterocycles. The van der Waals surface area contributed by atoms with Gasteiger partial charge in [0.25, 0.3) is 10.0 Å². The number of hydrogen-bond donors (Lipinski definition) is 1. The van der Waals surface area contributed by atoms with Gasteiger partial charge in [-0.15, -0.1) is 0 Å². The Bertz CT molecular complexity index is 760. The van der Waals surface area contributed by atoms with Gasteiger partial charge in [-0.3, -0.25) is 4.72 Å². The molecular formula is C13H10F3NO2S. The van der Waals surface area contributed by atoms with Crippen LogP contribution in [-0.2, 0) is 10.0 Å². The molecule has 0 aliphatic heterocycles. The fraction of sp³-hybridized carbons (Fsp3) is 0.0769. The summed E-state index contributed by atoms with van der Waals surface area (Å²) < 4.78 is 65.4. The molecule has 0 saturated carbocycles. The van der Waals surface area contributed by atoms with Gasteiger partial charge in [0.05, 0.1) is 10.6 Å². The van der Waals surface area contributed by atoms with Crippen LogP contribution in [0.1, 0.15) is 5.56 Å². The molecule has 106 valence electrons. The largest absolute Gasteiger partial charge is 0.277 e. The zero-order valence-corrected chi connectivity index (χ0v) is 11.1. The Balaban J connectivity index is 2.40. The van der Waals surface area contributed by atoms with E-state index in [2.05, 4.69) is 0 Å². The number of aryl methyl sites for hydroxylation is 1. The van der Waals surface area contributed by atoms with Crippen molar-refractivity contribution in [3.05, 3.63) is 59.4 Å². The number of benzene rings is 2. The van der Waals surface area contributed by atoms with E-state index in [0.717, 1.165) is 36.4 Å². The van der Waals surface area contributed by atoms with Gasteiger partial charge in [-0.2, -0.15) is 0 Å². The van der Waals surface area contributed by atoms with Crippen molar-refractivity contribution in [2.24, 2.45) is 0 Å². The van der Waals surface area contributed by atoms with Crippen molar-refractivity contribution < 1.29 is 21.6 Å². The number of anilines is 1. The minimum absolute atomic E-state index is 0.132. The van der Waals surface area contributed by atoms with Crippen molar-refractivity contribution in [2.45, 2.75) is 11.8 Å². The molecule has 20 heavy (non-hydrogen) atoms. The third-order valence-corrected chi connectivity index (χ3v) is 3.98. The van der Waals surface area contributed by atoms with Gasteiger partial charge < -0.3 is 0 Å². The summed E-state index contributed by atoms with van der Waals surface area (Å²) in [6.07, 6.45) is 0. The van der Waals surface area contributed by atoms with Gasteiger partial charge in [0, 0.05) is 6.07 Å². The molecule has 2 aromatic carbocycles. The highest BCUT2D eigenvalue weighted by atomic mass is 32.2. The van der Waals surface area contributed by atoms with Crippen LogP contribution < -0.4 is 4.72 Å². The van der Waals surface area contributed by atoms with E-state index in [-0.39, 0.29) is 10.5 Å². The van der Waals surface area contributed by atoms with Crippen LogP contribution in [0.4, 0.5) is 18.9 Å². The maximum absolute atomic E-state index is 13.4. The SMILES string of the molecule is Cc1cc(S(=O)(=O)Nc2cc(F)ccc2F)ccc1F. The maximum atomic E-state index is 13.4. The molecule has 0 saturated heterocycles. The summed E-state index contributed by atoms with van der Waals surface area (Å²) in [5.74, 6) is -2.24. The molecule has 0 aromatic heterocycles. The van der Waals surface area contributed by atoms with Crippen LogP contribution in [0.2, 0.25) is 0 Å². The molecule has 0 aliphatic carbocycles. The van der Waals surface area contributed by atoms with E-state index in [0.29, 0.717) is 0 Å². The summed E-state index contributed by atoms with van der Waals surface area (Å²) in [6.45, 7) is 1.40. The van der Waals surface area contributed by atoms with Crippen molar-refractivity contribution in [1.82, 2.24) is 0 Å². The van der Waals surface area contributed by atoms with Crippen molar-refractivity contribution >= 4 is 15.7 Å². The molecule has 0 bridgehead atoms. The highest BCUT2D eigenvalue weighted by molar-refractivity contribution is 7.92. The van der Waals surface area contributed by atoms with Crippen LogP contribution in [0.3, 0.4) is 0 Å². The third-order valence-electron chi connectivity index (χ3n) is 2.61. The van der Waals surface area contributed by atoms with Crippen molar-refractivity contribution in [1.29, 1.82) is 0 Å². The van der Waals surface area contributed by atoms with Crippen LogP contribution in [0, 0.1) is 24.4 Å². The predicted octanol–water partition coefficient (Wildman–Crippen LogP) is 3.21. The van der Waals surface area contributed by atoms with E-state index < -0.39 is 33.2 Å². The van der Waals surface area contributed by atoms with E-state index in [1.807, 2.05) is 4.72 Å². The number of nitrogens with one attached hydrogen (secondary N) is 1. The monoisotopic (exact) mass is 301 g/mol. The molecule has 0 atom stereocenters. The molecule has 0 aliphatic rings. The Hall–Kier alpha value is -2.02. The summed E-state index contributed by atoms with van der Waals surface area (Å²) >= 11 is 0. The molecule has 0 spiro atoms. The molecule has 0 amide bonds. The average Bonchev–Trinajstić information content (AvgIpc) is 2.36. The highest BCUT2D eigenvalue weighted by Crippen LogP contribution is 2.21. The summed E-state index contributed by atoms with van der Waals surface area (Å²) in [5, 5.41) is 0. The lowest BCUT2D eigenvalue weighted by atomic mass is 10.2. The van der Waals surface area contributed by atoms with Gasteiger partial charge in [0.15, 0.2) is 0 Å². The highest BCUT2D eigenvalue weighted by Gasteiger charge is 2.17. The average molecular weight is 301 g/mol. The summed E-state index contributed by atoms with van der Waals surface area (Å²) in [7, 11) is -4.12. The van der Waals surface area contributed by atoms with Gasteiger partial charge in [0.1, 0.15) is 17.5 Å². The van der Waals surface area contributed by atoms with E-state index in [1.54, 1.807) is 0 Å². The molecule has 2 aromatic rings. The fourth-order valence-corrected chi connectivity index (χ4v) is 2.71. The van der Waals surface area contributed by atoms with Crippen molar-refractivity contribution in [3.8, 4) is 0 Å². The lowest BCUT2D eigenvalue weighted by Gasteiger charge is -2.09. The summed E-state index contributed by atoms with van der Waals surface area (Å²) in [6, 6.07) is 5.55. The number of hydrogen-bond acceptors (Lipinski definition) is 2. The molecular weight excluding hydrogens is 291 g/mol. The topological polar surface area (TPSA) is 46.2 Å². The zero-order valence-electron chi connectivity index (χ0n) is 10.3. The van der Waals surface area contributed by atoms with Gasteiger partial charge in [-0.1, -0.05) is 0 Å². The fourth-order valence-electron chi connectivity index (χ4n) is 1.56. The molecule has 3 nitrogen and oxygen atoms in total.